The van der Waals surface area contributed by atoms with Gasteiger partial charge in [0.05, 0.1) is 5.88 Å². The Kier molecular flexibility index (Phi) is 3.95. The molecule has 2 aromatic rings. The van der Waals surface area contributed by atoms with Gasteiger partial charge in [0.15, 0.2) is 5.82 Å². The zero-order valence-electron chi connectivity index (χ0n) is 11.9. The normalized spacial score (nSPS) is 11.8. The molecule has 0 aliphatic carbocycles. The van der Waals surface area contributed by atoms with Crippen molar-refractivity contribution in [3.63, 3.8) is 0 Å². The highest BCUT2D eigenvalue weighted by Gasteiger charge is 2.24. The number of aryl methyl sites for hydroxylation is 1. The van der Waals surface area contributed by atoms with Crippen molar-refractivity contribution in [3.05, 3.63) is 35.7 Å². The predicted molar refractivity (Wildman–Crippen MR) is 79.4 cm³/mol. The molecule has 0 aliphatic heterocycles. The Morgan fingerprint density at radius 2 is 1.84 bits per heavy atom. The van der Waals surface area contributed by atoms with Crippen molar-refractivity contribution in [2.24, 2.45) is 0 Å². The van der Waals surface area contributed by atoms with Crippen LogP contribution in [0.2, 0.25) is 0 Å². The average Bonchev–Trinajstić information content (AvgIpc) is 2.82. The molecule has 4 heteroatoms. The van der Waals surface area contributed by atoms with E-state index < -0.39 is 0 Å². The Balaban J connectivity index is 2.66. The lowest BCUT2D eigenvalue weighted by atomic mass is 10.0. The van der Waals surface area contributed by atoms with E-state index in [0.29, 0.717) is 5.88 Å². The third kappa shape index (κ3) is 2.66. The fraction of sp³-hybridized carbons (Fsp3) is 0.467. The van der Waals surface area contributed by atoms with Gasteiger partial charge in [-0.3, -0.25) is 0 Å². The van der Waals surface area contributed by atoms with Gasteiger partial charge in [-0.2, -0.15) is 0 Å². The highest BCUT2D eigenvalue weighted by atomic mass is 35.5. The molecule has 2 rings (SSSR count). The second-order valence-electron chi connectivity index (χ2n) is 5.59. The SMILES string of the molecule is CCc1ccccc1-c1nnc(CCl)n1C(C)(C)C. The largest absolute Gasteiger partial charge is 0.305 e. The number of hydrogen-bond acceptors (Lipinski definition) is 2. The van der Waals surface area contributed by atoms with Gasteiger partial charge in [-0.25, -0.2) is 0 Å². The first-order chi connectivity index (χ1) is 8.99. The standard InChI is InChI=1S/C15H20ClN3/c1-5-11-8-6-7-9-12(11)14-18-17-13(10-16)19(14)15(2,3)4/h6-9H,5,10H2,1-4H3. The van der Waals surface area contributed by atoms with Gasteiger partial charge >= 0.3 is 0 Å². The van der Waals surface area contributed by atoms with Crippen molar-refractivity contribution in [3.8, 4) is 11.4 Å². The Labute approximate surface area is 119 Å². The molecule has 0 saturated carbocycles. The van der Waals surface area contributed by atoms with E-state index in [2.05, 4.69) is 60.7 Å². The van der Waals surface area contributed by atoms with Crippen LogP contribution in [-0.4, -0.2) is 14.8 Å². The maximum atomic E-state index is 5.99. The van der Waals surface area contributed by atoms with Crippen molar-refractivity contribution < 1.29 is 0 Å². The lowest BCUT2D eigenvalue weighted by Gasteiger charge is -2.25. The van der Waals surface area contributed by atoms with Gasteiger partial charge in [-0.05, 0) is 32.8 Å². The summed E-state index contributed by atoms with van der Waals surface area (Å²) in [4.78, 5) is 0. The Bertz CT molecular complexity index is 567. The van der Waals surface area contributed by atoms with Gasteiger partial charge < -0.3 is 4.57 Å². The van der Waals surface area contributed by atoms with Crippen LogP contribution in [0.25, 0.3) is 11.4 Å². The summed E-state index contributed by atoms with van der Waals surface area (Å²) in [7, 11) is 0. The molecule has 0 radical (unpaired) electrons. The Hall–Kier alpha value is -1.35. The van der Waals surface area contributed by atoms with Crippen LogP contribution in [0.15, 0.2) is 24.3 Å². The summed E-state index contributed by atoms with van der Waals surface area (Å²) in [5.41, 5.74) is 2.33. The molecule has 0 unspecified atom stereocenters. The number of nitrogens with zero attached hydrogens (tertiary/aromatic N) is 3. The number of aromatic nitrogens is 3. The molecule has 0 amide bonds. The lowest BCUT2D eigenvalue weighted by molar-refractivity contribution is 0.390. The van der Waals surface area contributed by atoms with Gasteiger partial charge in [-0.15, -0.1) is 21.8 Å². The van der Waals surface area contributed by atoms with Crippen molar-refractivity contribution in [2.45, 2.75) is 45.5 Å². The van der Waals surface area contributed by atoms with Gasteiger partial charge in [-0.1, -0.05) is 31.2 Å². The first-order valence-corrected chi connectivity index (χ1v) is 7.11. The smallest absolute Gasteiger partial charge is 0.164 e. The van der Waals surface area contributed by atoms with Crippen molar-refractivity contribution in [1.29, 1.82) is 0 Å². The lowest BCUT2D eigenvalue weighted by Crippen LogP contribution is -2.25. The maximum absolute atomic E-state index is 5.99. The highest BCUT2D eigenvalue weighted by molar-refractivity contribution is 6.16. The van der Waals surface area contributed by atoms with Gasteiger partial charge in [0.1, 0.15) is 5.82 Å². The van der Waals surface area contributed by atoms with E-state index in [-0.39, 0.29) is 5.54 Å². The number of alkyl halides is 1. The summed E-state index contributed by atoms with van der Waals surface area (Å²) in [6.07, 6.45) is 0.976. The average molecular weight is 278 g/mol. The van der Waals surface area contributed by atoms with Crippen LogP contribution in [0.3, 0.4) is 0 Å². The molecule has 19 heavy (non-hydrogen) atoms. The van der Waals surface area contributed by atoms with Crippen LogP contribution in [0, 0.1) is 0 Å². The Morgan fingerprint density at radius 3 is 2.42 bits per heavy atom. The fourth-order valence-electron chi connectivity index (χ4n) is 2.33. The second kappa shape index (κ2) is 5.33. The van der Waals surface area contributed by atoms with Crippen LogP contribution < -0.4 is 0 Å². The zero-order chi connectivity index (χ0) is 14.0. The molecule has 0 saturated heterocycles. The summed E-state index contributed by atoms with van der Waals surface area (Å²) in [5, 5.41) is 8.59. The predicted octanol–water partition coefficient (Wildman–Crippen LogP) is 4.00. The maximum Gasteiger partial charge on any atom is 0.164 e. The van der Waals surface area contributed by atoms with E-state index >= 15 is 0 Å². The van der Waals surface area contributed by atoms with E-state index in [0.717, 1.165) is 23.6 Å². The van der Waals surface area contributed by atoms with Crippen LogP contribution >= 0.6 is 11.6 Å². The van der Waals surface area contributed by atoms with E-state index in [1.807, 2.05) is 6.07 Å². The number of rotatable bonds is 3. The summed E-state index contributed by atoms with van der Waals surface area (Å²) in [6.45, 7) is 8.58. The molecule has 0 fully saturated rings. The minimum Gasteiger partial charge on any atom is -0.305 e. The second-order valence-corrected chi connectivity index (χ2v) is 5.86. The Morgan fingerprint density at radius 1 is 1.16 bits per heavy atom. The van der Waals surface area contributed by atoms with Gasteiger partial charge in [0.25, 0.3) is 0 Å². The highest BCUT2D eigenvalue weighted by Crippen LogP contribution is 2.29. The van der Waals surface area contributed by atoms with Crippen LogP contribution in [0.1, 0.15) is 39.1 Å². The van der Waals surface area contributed by atoms with Crippen LogP contribution in [0.4, 0.5) is 0 Å². The monoisotopic (exact) mass is 277 g/mol. The van der Waals surface area contributed by atoms with Crippen LogP contribution in [-0.2, 0) is 17.8 Å². The van der Waals surface area contributed by atoms with Gasteiger partial charge in [0.2, 0.25) is 0 Å². The molecule has 1 aromatic heterocycles. The third-order valence-electron chi connectivity index (χ3n) is 3.16. The molecule has 3 nitrogen and oxygen atoms in total. The van der Waals surface area contributed by atoms with E-state index in [1.165, 1.54) is 5.56 Å². The number of hydrogen-bond donors (Lipinski definition) is 0. The molecule has 1 aromatic carbocycles. The van der Waals surface area contributed by atoms with Crippen LogP contribution in [0.5, 0.6) is 0 Å². The molecule has 0 N–H and O–H groups in total. The molecule has 0 bridgehead atoms. The molecule has 1 heterocycles. The number of halogens is 1. The quantitative estimate of drug-likeness (QED) is 0.794. The van der Waals surface area contributed by atoms with E-state index in [4.69, 9.17) is 11.6 Å². The molecule has 0 spiro atoms. The summed E-state index contributed by atoms with van der Waals surface area (Å²) >= 11 is 5.99. The first-order valence-electron chi connectivity index (χ1n) is 6.58. The molecule has 102 valence electrons. The fourth-order valence-corrected chi connectivity index (χ4v) is 2.50. The topological polar surface area (TPSA) is 30.7 Å². The van der Waals surface area contributed by atoms with E-state index in [9.17, 15) is 0 Å². The van der Waals surface area contributed by atoms with E-state index in [1.54, 1.807) is 0 Å². The minimum atomic E-state index is -0.0933. The zero-order valence-corrected chi connectivity index (χ0v) is 12.7. The number of benzene rings is 1. The first kappa shape index (κ1) is 14.1. The summed E-state index contributed by atoms with van der Waals surface area (Å²) < 4.78 is 2.13. The minimum absolute atomic E-state index is 0.0933. The molecular formula is C15H20ClN3. The summed E-state index contributed by atoms with van der Waals surface area (Å²) in [6, 6.07) is 8.33. The van der Waals surface area contributed by atoms with Crippen molar-refractivity contribution in [2.75, 3.05) is 0 Å². The van der Waals surface area contributed by atoms with Crippen molar-refractivity contribution in [1.82, 2.24) is 14.8 Å². The van der Waals surface area contributed by atoms with Crippen molar-refractivity contribution >= 4 is 11.6 Å². The van der Waals surface area contributed by atoms with Gasteiger partial charge in [0, 0.05) is 11.1 Å². The third-order valence-corrected chi connectivity index (χ3v) is 3.40. The molecule has 0 atom stereocenters. The molecular weight excluding hydrogens is 258 g/mol. The summed E-state index contributed by atoms with van der Waals surface area (Å²) in [5.74, 6) is 2.09. The molecule has 0 aliphatic rings.